The number of aromatic nitrogens is 6. The average Bonchev–Trinajstić information content (AvgIpc) is 3.15. The third-order valence-corrected chi connectivity index (χ3v) is 4.83. The minimum absolute atomic E-state index is 0.560. The van der Waals surface area contributed by atoms with Gasteiger partial charge in [0.05, 0.1) is 22.1 Å². The normalized spacial score (nSPS) is 11.1. The van der Waals surface area contributed by atoms with E-state index in [1.165, 1.54) is 0 Å². The summed E-state index contributed by atoms with van der Waals surface area (Å²) in [5, 5.41) is 9.74. The summed E-state index contributed by atoms with van der Waals surface area (Å²) in [5.41, 5.74) is 5.53. The minimum atomic E-state index is 0.560. The quantitative estimate of drug-likeness (QED) is 0.540. The zero-order valence-electron chi connectivity index (χ0n) is 15.4. The fourth-order valence-corrected chi connectivity index (χ4v) is 3.47. The molecule has 0 spiro atoms. The number of nitrogens with zero attached hydrogens (tertiary/aromatic N) is 6. The van der Waals surface area contributed by atoms with Crippen LogP contribution in [0.15, 0.2) is 48.8 Å². The van der Waals surface area contributed by atoms with E-state index in [1.807, 2.05) is 72.7 Å². The van der Waals surface area contributed by atoms with Crippen LogP contribution in [0, 0.1) is 13.8 Å². The van der Waals surface area contributed by atoms with E-state index in [0.29, 0.717) is 11.4 Å². The summed E-state index contributed by atoms with van der Waals surface area (Å²) in [5.74, 6) is 0.743. The zero-order valence-corrected chi connectivity index (χ0v) is 16.1. The van der Waals surface area contributed by atoms with Gasteiger partial charge in [0, 0.05) is 30.8 Å². The van der Waals surface area contributed by atoms with Crippen LogP contribution in [0.4, 0.5) is 0 Å². The predicted molar refractivity (Wildman–Crippen MR) is 105 cm³/mol. The first-order chi connectivity index (χ1) is 13.0. The van der Waals surface area contributed by atoms with E-state index < -0.39 is 0 Å². The van der Waals surface area contributed by atoms with Crippen LogP contribution in [0.2, 0.25) is 5.02 Å². The van der Waals surface area contributed by atoms with E-state index in [9.17, 15) is 0 Å². The Bertz CT molecular complexity index is 1100. The molecule has 1 aromatic carbocycles. The second-order valence-electron chi connectivity index (χ2n) is 6.48. The molecule has 3 aromatic heterocycles. The third kappa shape index (κ3) is 3.36. The molecule has 0 unspecified atom stereocenters. The van der Waals surface area contributed by atoms with Crippen LogP contribution in [-0.2, 0) is 13.5 Å². The first kappa shape index (κ1) is 17.4. The van der Waals surface area contributed by atoms with Crippen LogP contribution in [0.25, 0.3) is 17.1 Å². The van der Waals surface area contributed by atoms with Crippen LogP contribution in [0.5, 0.6) is 0 Å². The van der Waals surface area contributed by atoms with E-state index in [0.717, 1.165) is 39.9 Å². The van der Waals surface area contributed by atoms with Gasteiger partial charge < -0.3 is 0 Å². The maximum absolute atomic E-state index is 6.66. The Labute approximate surface area is 162 Å². The molecule has 7 heteroatoms. The maximum atomic E-state index is 6.66. The molecule has 0 aliphatic carbocycles. The number of benzene rings is 1. The van der Waals surface area contributed by atoms with Gasteiger partial charge >= 0.3 is 0 Å². The standard InChI is InChI=1S/C20H19ClN6/c1-13-9-14(2)27(24-13)18-11-16(22-12-23-18)10-17-19(21)20(25-26(17)3)15-7-5-4-6-8-15/h4-9,11-12H,10H2,1-3H3. The molecule has 0 fully saturated rings. The van der Waals surface area contributed by atoms with Gasteiger partial charge in [-0.1, -0.05) is 41.9 Å². The average molecular weight is 379 g/mol. The summed E-state index contributed by atoms with van der Waals surface area (Å²) in [4.78, 5) is 8.77. The highest BCUT2D eigenvalue weighted by Gasteiger charge is 2.17. The first-order valence-corrected chi connectivity index (χ1v) is 9.02. The molecule has 4 rings (SSSR count). The van der Waals surface area contributed by atoms with Crippen LogP contribution < -0.4 is 0 Å². The number of hydrogen-bond acceptors (Lipinski definition) is 4. The molecule has 0 aliphatic rings. The molecule has 3 heterocycles. The van der Waals surface area contributed by atoms with Crippen LogP contribution >= 0.6 is 11.6 Å². The SMILES string of the molecule is Cc1cc(C)n(-c2cc(Cc3c(Cl)c(-c4ccccc4)nn3C)ncn2)n1. The lowest BCUT2D eigenvalue weighted by molar-refractivity contribution is 0.720. The van der Waals surface area contributed by atoms with E-state index in [4.69, 9.17) is 11.6 Å². The smallest absolute Gasteiger partial charge is 0.157 e. The Morgan fingerprint density at radius 3 is 2.48 bits per heavy atom. The first-order valence-electron chi connectivity index (χ1n) is 8.64. The van der Waals surface area contributed by atoms with Crippen LogP contribution in [0.1, 0.15) is 22.8 Å². The highest BCUT2D eigenvalue weighted by atomic mass is 35.5. The fraction of sp³-hybridized carbons (Fsp3) is 0.200. The Balaban J connectivity index is 1.68. The predicted octanol–water partition coefficient (Wildman–Crippen LogP) is 3.92. The van der Waals surface area contributed by atoms with Crippen molar-refractivity contribution in [3.8, 4) is 17.1 Å². The molecule has 0 saturated heterocycles. The molecule has 136 valence electrons. The summed E-state index contributed by atoms with van der Waals surface area (Å²) in [6.07, 6.45) is 2.12. The van der Waals surface area contributed by atoms with Gasteiger partial charge in [-0.15, -0.1) is 0 Å². The maximum Gasteiger partial charge on any atom is 0.157 e. The number of aryl methyl sites for hydroxylation is 3. The van der Waals surface area contributed by atoms with Gasteiger partial charge in [-0.05, 0) is 19.9 Å². The summed E-state index contributed by atoms with van der Waals surface area (Å²) >= 11 is 6.66. The van der Waals surface area contributed by atoms with Crippen molar-refractivity contribution in [3.05, 3.63) is 76.6 Å². The molecule has 6 nitrogen and oxygen atoms in total. The monoisotopic (exact) mass is 378 g/mol. The van der Waals surface area contributed by atoms with Crippen molar-refractivity contribution >= 4 is 11.6 Å². The van der Waals surface area contributed by atoms with Gasteiger partial charge in [0.25, 0.3) is 0 Å². The van der Waals surface area contributed by atoms with Crippen molar-refractivity contribution in [2.45, 2.75) is 20.3 Å². The molecule has 0 aliphatic heterocycles. The largest absolute Gasteiger partial charge is 0.270 e. The summed E-state index contributed by atoms with van der Waals surface area (Å²) in [7, 11) is 1.90. The second kappa shape index (κ2) is 6.96. The molecule has 27 heavy (non-hydrogen) atoms. The number of hydrogen-bond donors (Lipinski definition) is 0. The number of halogens is 1. The van der Waals surface area contributed by atoms with E-state index in [2.05, 4.69) is 20.2 Å². The van der Waals surface area contributed by atoms with Crippen molar-refractivity contribution in [3.63, 3.8) is 0 Å². The highest BCUT2D eigenvalue weighted by Crippen LogP contribution is 2.30. The molecule has 0 saturated carbocycles. The van der Waals surface area contributed by atoms with E-state index in [-0.39, 0.29) is 0 Å². The Kier molecular flexibility index (Phi) is 4.49. The summed E-state index contributed by atoms with van der Waals surface area (Å²) < 4.78 is 3.64. The molecule has 0 amide bonds. The third-order valence-electron chi connectivity index (χ3n) is 4.43. The Morgan fingerprint density at radius 1 is 1.00 bits per heavy atom. The van der Waals surface area contributed by atoms with Crippen molar-refractivity contribution in [2.24, 2.45) is 7.05 Å². The topological polar surface area (TPSA) is 61.4 Å². The van der Waals surface area contributed by atoms with Crippen molar-refractivity contribution in [2.75, 3.05) is 0 Å². The van der Waals surface area contributed by atoms with Gasteiger partial charge in [0.15, 0.2) is 5.82 Å². The zero-order chi connectivity index (χ0) is 19.0. The Morgan fingerprint density at radius 2 is 1.78 bits per heavy atom. The second-order valence-corrected chi connectivity index (χ2v) is 6.86. The van der Waals surface area contributed by atoms with E-state index in [1.54, 1.807) is 6.33 Å². The lowest BCUT2D eigenvalue weighted by Crippen LogP contribution is -2.06. The van der Waals surface area contributed by atoms with Gasteiger partial charge in [-0.25, -0.2) is 14.6 Å². The van der Waals surface area contributed by atoms with Gasteiger partial charge in [-0.3, -0.25) is 4.68 Å². The molecule has 4 aromatic rings. The highest BCUT2D eigenvalue weighted by molar-refractivity contribution is 6.33. The van der Waals surface area contributed by atoms with Crippen molar-refractivity contribution in [1.29, 1.82) is 0 Å². The van der Waals surface area contributed by atoms with Crippen molar-refractivity contribution < 1.29 is 0 Å². The molecule has 0 atom stereocenters. The van der Waals surface area contributed by atoms with Crippen LogP contribution in [0.3, 0.4) is 0 Å². The fourth-order valence-electron chi connectivity index (χ4n) is 3.14. The van der Waals surface area contributed by atoms with Crippen molar-refractivity contribution in [1.82, 2.24) is 29.5 Å². The van der Waals surface area contributed by atoms with Gasteiger partial charge in [-0.2, -0.15) is 10.2 Å². The molecular formula is C20H19ClN6. The molecule has 0 radical (unpaired) electrons. The minimum Gasteiger partial charge on any atom is -0.270 e. The van der Waals surface area contributed by atoms with Crippen LogP contribution in [-0.4, -0.2) is 29.5 Å². The van der Waals surface area contributed by atoms with Gasteiger partial charge in [0.2, 0.25) is 0 Å². The summed E-state index contributed by atoms with van der Waals surface area (Å²) in [6.45, 7) is 3.97. The number of rotatable bonds is 4. The lowest BCUT2D eigenvalue weighted by atomic mass is 10.1. The molecule has 0 N–H and O–H groups in total. The Hall–Kier alpha value is -2.99. The summed E-state index contributed by atoms with van der Waals surface area (Å²) in [6, 6.07) is 13.9. The van der Waals surface area contributed by atoms with E-state index >= 15 is 0 Å². The lowest BCUT2D eigenvalue weighted by Gasteiger charge is -2.06. The van der Waals surface area contributed by atoms with Gasteiger partial charge in [0.1, 0.15) is 12.0 Å². The molecule has 0 bridgehead atoms. The molecular weight excluding hydrogens is 360 g/mol.